The first-order valence-corrected chi connectivity index (χ1v) is 7.51. The minimum Gasteiger partial charge on any atom is -0.383 e. The van der Waals surface area contributed by atoms with Crippen molar-refractivity contribution in [3.05, 3.63) is 11.4 Å². The third kappa shape index (κ3) is 3.60. The van der Waals surface area contributed by atoms with Crippen molar-refractivity contribution < 1.29 is 4.74 Å². The van der Waals surface area contributed by atoms with Gasteiger partial charge in [-0.1, -0.05) is 13.8 Å². The predicted octanol–water partition coefficient (Wildman–Crippen LogP) is 2.72. The Morgan fingerprint density at radius 1 is 1.35 bits per heavy atom. The van der Waals surface area contributed by atoms with Gasteiger partial charge < -0.3 is 15.8 Å². The van der Waals surface area contributed by atoms with E-state index < -0.39 is 0 Å². The fourth-order valence-electron chi connectivity index (χ4n) is 2.04. The van der Waals surface area contributed by atoms with Gasteiger partial charge in [-0.15, -0.1) is 0 Å². The molecule has 1 aromatic rings. The molecule has 0 amide bonds. The van der Waals surface area contributed by atoms with Crippen LogP contribution in [0.1, 0.15) is 50.9 Å². The van der Waals surface area contributed by atoms with Crippen molar-refractivity contribution >= 4 is 11.6 Å². The Morgan fingerprint density at radius 3 is 2.60 bits per heavy atom. The van der Waals surface area contributed by atoms with Gasteiger partial charge in [0.2, 0.25) is 0 Å². The van der Waals surface area contributed by atoms with E-state index in [-0.39, 0.29) is 6.04 Å². The maximum absolute atomic E-state index is 6.02. The van der Waals surface area contributed by atoms with Crippen LogP contribution in [-0.4, -0.2) is 29.2 Å². The third-order valence-electron chi connectivity index (χ3n) is 3.77. The number of nitrogen functional groups attached to an aromatic ring is 1. The summed E-state index contributed by atoms with van der Waals surface area (Å²) in [7, 11) is 0. The van der Waals surface area contributed by atoms with Crippen LogP contribution >= 0.6 is 0 Å². The number of ether oxygens (including phenoxy) is 1. The van der Waals surface area contributed by atoms with E-state index in [9.17, 15) is 0 Å². The smallest absolute Gasteiger partial charge is 0.136 e. The largest absolute Gasteiger partial charge is 0.383 e. The summed E-state index contributed by atoms with van der Waals surface area (Å²) in [4.78, 5) is 9.07. The molecule has 20 heavy (non-hydrogen) atoms. The highest BCUT2D eigenvalue weighted by Crippen LogP contribution is 2.39. The molecule has 1 atom stereocenters. The van der Waals surface area contributed by atoms with E-state index in [1.807, 2.05) is 13.8 Å². The zero-order chi connectivity index (χ0) is 14.7. The monoisotopic (exact) mass is 278 g/mol. The van der Waals surface area contributed by atoms with Crippen molar-refractivity contribution in [2.75, 3.05) is 24.3 Å². The van der Waals surface area contributed by atoms with Crippen LogP contribution in [0.3, 0.4) is 0 Å². The van der Waals surface area contributed by atoms with Crippen LogP contribution in [-0.2, 0) is 4.74 Å². The van der Waals surface area contributed by atoms with E-state index in [4.69, 9.17) is 10.5 Å². The highest BCUT2D eigenvalue weighted by Gasteiger charge is 2.28. The molecular weight excluding hydrogens is 252 g/mol. The van der Waals surface area contributed by atoms with Gasteiger partial charge >= 0.3 is 0 Å². The van der Waals surface area contributed by atoms with Crippen LogP contribution in [0.5, 0.6) is 0 Å². The highest BCUT2D eigenvalue weighted by molar-refractivity contribution is 5.55. The topological polar surface area (TPSA) is 73.1 Å². The van der Waals surface area contributed by atoms with E-state index in [0.717, 1.165) is 23.8 Å². The molecule has 0 spiro atoms. The Labute approximate surface area is 121 Å². The fraction of sp³-hybridized carbons (Fsp3) is 0.733. The standard InChI is InChI=1S/C15H26N4O/c1-5-20-8-12(9(2)3)17-14-10(4)13(16)18-15(19-14)11-6-7-11/h9,11-12H,5-8H2,1-4H3,(H3,16,17,18,19). The molecule has 1 saturated carbocycles. The number of nitrogens with zero attached hydrogens (tertiary/aromatic N) is 2. The quantitative estimate of drug-likeness (QED) is 0.802. The Balaban J connectivity index is 2.17. The minimum atomic E-state index is 0.231. The van der Waals surface area contributed by atoms with E-state index in [2.05, 4.69) is 29.1 Å². The van der Waals surface area contributed by atoms with Crippen molar-refractivity contribution in [3.63, 3.8) is 0 Å². The van der Waals surface area contributed by atoms with Crippen LogP contribution in [0.25, 0.3) is 0 Å². The molecule has 5 nitrogen and oxygen atoms in total. The molecule has 1 fully saturated rings. The molecule has 1 aliphatic carbocycles. The summed E-state index contributed by atoms with van der Waals surface area (Å²) >= 11 is 0. The van der Waals surface area contributed by atoms with Gasteiger partial charge in [-0.05, 0) is 32.6 Å². The van der Waals surface area contributed by atoms with Crippen LogP contribution in [0.15, 0.2) is 0 Å². The molecule has 1 aromatic heterocycles. The predicted molar refractivity (Wildman–Crippen MR) is 81.9 cm³/mol. The van der Waals surface area contributed by atoms with Gasteiger partial charge in [0.1, 0.15) is 17.5 Å². The van der Waals surface area contributed by atoms with Gasteiger partial charge in [0.25, 0.3) is 0 Å². The Hall–Kier alpha value is -1.36. The summed E-state index contributed by atoms with van der Waals surface area (Å²) in [6.07, 6.45) is 2.35. The average molecular weight is 278 g/mol. The number of aromatic nitrogens is 2. The summed E-state index contributed by atoms with van der Waals surface area (Å²) in [6, 6.07) is 0.231. The maximum Gasteiger partial charge on any atom is 0.136 e. The number of anilines is 2. The molecular formula is C15H26N4O. The number of hydrogen-bond donors (Lipinski definition) is 2. The van der Waals surface area contributed by atoms with E-state index >= 15 is 0 Å². The maximum atomic E-state index is 6.02. The molecule has 0 bridgehead atoms. The van der Waals surface area contributed by atoms with E-state index in [1.54, 1.807) is 0 Å². The first kappa shape index (κ1) is 15.0. The van der Waals surface area contributed by atoms with Crippen molar-refractivity contribution in [1.82, 2.24) is 9.97 Å². The first-order valence-electron chi connectivity index (χ1n) is 7.51. The summed E-state index contributed by atoms with van der Waals surface area (Å²) in [5.74, 6) is 3.29. The zero-order valence-electron chi connectivity index (χ0n) is 12.9. The lowest BCUT2D eigenvalue weighted by Gasteiger charge is -2.24. The molecule has 1 heterocycles. The molecule has 2 rings (SSSR count). The molecule has 1 aliphatic rings. The van der Waals surface area contributed by atoms with Gasteiger partial charge in [0, 0.05) is 18.1 Å². The third-order valence-corrected chi connectivity index (χ3v) is 3.77. The fourth-order valence-corrected chi connectivity index (χ4v) is 2.04. The van der Waals surface area contributed by atoms with E-state index in [1.165, 1.54) is 12.8 Å². The average Bonchev–Trinajstić information content (AvgIpc) is 3.23. The van der Waals surface area contributed by atoms with Crippen LogP contribution in [0.4, 0.5) is 11.6 Å². The summed E-state index contributed by atoms with van der Waals surface area (Å²) in [6.45, 7) is 9.74. The van der Waals surface area contributed by atoms with Gasteiger partial charge in [0.15, 0.2) is 0 Å². The second-order valence-corrected chi connectivity index (χ2v) is 5.87. The van der Waals surface area contributed by atoms with Crippen molar-refractivity contribution in [2.45, 2.75) is 52.5 Å². The first-order chi connectivity index (χ1) is 9.52. The van der Waals surface area contributed by atoms with Gasteiger partial charge in [-0.25, -0.2) is 9.97 Å². The highest BCUT2D eigenvalue weighted by atomic mass is 16.5. The lowest BCUT2D eigenvalue weighted by molar-refractivity contribution is 0.126. The van der Waals surface area contributed by atoms with Crippen molar-refractivity contribution in [2.24, 2.45) is 5.92 Å². The van der Waals surface area contributed by atoms with Gasteiger partial charge in [-0.3, -0.25) is 0 Å². The minimum absolute atomic E-state index is 0.231. The van der Waals surface area contributed by atoms with Gasteiger partial charge in [-0.2, -0.15) is 0 Å². The Morgan fingerprint density at radius 2 is 2.05 bits per heavy atom. The number of rotatable bonds is 7. The number of nitrogens with two attached hydrogens (primary N) is 1. The van der Waals surface area contributed by atoms with Crippen molar-refractivity contribution in [1.29, 1.82) is 0 Å². The lowest BCUT2D eigenvalue weighted by Crippen LogP contribution is -2.32. The molecule has 0 aromatic carbocycles. The SMILES string of the molecule is CCOCC(Nc1nc(C2CC2)nc(N)c1C)C(C)C. The summed E-state index contributed by atoms with van der Waals surface area (Å²) < 4.78 is 5.55. The normalized spacial score (nSPS) is 16.4. The molecule has 0 aliphatic heterocycles. The molecule has 1 unspecified atom stereocenters. The van der Waals surface area contributed by atoms with Gasteiger partial charge in [0.05, 0.1) is 12.6 Å². The molecule has 0 radical (unpaired) electrons. The van der Waals surface area contributed by atoms with Crippen LogP contribution in [0.2, 0.25) is 0 Å². The second-order valence-electron chi connectivity index (χ2n) is 5.87. The van der Waals surface area contributed by atoms with Crippen molar-refractivity contribution in [3.8, 4) is 0 Å². The lowest BCUT2D eigenvalue weighted by atomic mass is 10.1. The molecule has 5 heteroatoms. The Bertz CT molecular complexity index is 457. The zero-order valence-corrected chi connectivity index (χ0v) is 12.9. The number of hydrogen-bond acceptors (Lipinski definition) is 5. The summed E-state index contributed by atoms with van der Waals surface area (Å²) in [5.41, 5.74) is 6.94. The number of nitrogens with one attached hydrogen (secondary N) is 1. The van der Waals surface area contributed by atoms with E-state index in [0.29, 0.717) is 24.3 Å². The second kappa shape index (κ2) is 6.39. The summed E-state index contributed by atoms with van der Waals surface area (Å²) in [5, 5.41) is 3.49. The molecule has 3 N–H and O–H groups in total. The van der Waals surface area contributed by atoms with Crippen LogP contribution < -0.4 is 11.1 Å². The molecule has 0 saturated heterocycles. The van der Waals surface area contributed by atoms with Crippen LogP contribution in [0, 0.1) is 12.8 Å². The molecule has 112 valence electrons. The Kier molecular flexibility index (Phi) is 4.81.